The van der Waals surface area contributed by atoms with Crippen LogP contribution in [0.3, 0.4) is 0 Å². The lowest BCUT2D eigenvalue weighted by Gasteiger charge is -2.08. The van der Waals surface area contributed by atoms with E-state index in [1.54, 1.807) is 29.8 Å². The summed E-state index contributed by atoms with van der Waals surface area (Å²) in [4.78, 5) is 1.30. The van der Waals surface area contributed by atoms with Crippen molar-refractivity contribution in [2.24, 2.45) is 0 Å². The van der Waals surface area contributed by atoms with Crippen molar-refractivity contribution in [2.75, 3.05) is 0 Å². The van der Waals surface area contributed by atoms with Crippen molar-refractivity contribution in [3.05, 3.63) is 46.4 Å². The van der Waals surface area contributed by atoms with Gasteiger partial charge in [0, 0.05) is 16.6 Å². The standard InChI is InChI=1S/C11H12N2OS/c14-11(9-5-6-12-13-8-9)4-3-10-2-1-7-15-10/h1-2,5-8,11,14H,3-4H2. The third kappa shape index (κ3) is 2.84. The lowest BCUT2D eigenvalue weighted by atomic mass is 10.1. The van der Waals surface area contributed by atoms with E-state index < -0.39 is 6.10 Å². The number of aliphatic hydroxyl groups excluding tert-OH is 1. The van der Waals surface area contributed by atoms with E-state index in [-0.39, 0.29) is 0 Å². The summed E-state index contributed by atoms with van der Waals surface area (Å²) in [7, 11) is 0. The molecule has 0 bridgehead atoms. The summed E-state index contributed by atoms with van der Waals surface area (Å²) >= 11 is 1.72. The Kier molecular flexibility index (Phi) is 3.42. The van der Waals surface area contributed by atoms with E-state index in [0.29, 0.717) is 0 Å². The Hall–Kier alpha value is -1.26. The van der Waals surface area contributed by atoms with Crippen molar-refractivity contribution < 1.29 is 5.11 Å². The predicted octanol–water partition coefficient (Wildman–Crippen LogP) is 2.20. The number of thiophene rings is 1. The van der Waals surface area contributed by atoms with E-state index in [2.05, 4.69) is 21.6 Å². The molecule has 2 aromatic rings. The normalized spacial score (nSPS) is 12.6. The molecule has 4 heteroatoms. The number of hydrogen-bond donors (Lipinski definition) is 1. The average Bonchev–Trinajstić information content (AvgIpc) is 2.80. The molecule has 0 saturated carbocycles. The summed E-state index contributed by atoms with van der Waals surface area (Å²) < 4.78 is 0. The summed E-state index contributed by atoms with van der Waals surface area (Å²) in [5, 5.41) is 19.3. The molecule has 1 N–H and O–H groups in total. The van der Waals surface area contributed by atoms with Crippen LogP contribution in [0.25, 0.3) is 0 Å². The van der Waals surface area contributed by atoms with Gasteiger partial charge in [-0.25, -0.2) is 0 Å². The Morgan fingerprint density at radius 3 is 2.93 bits per heavy atom. The van der Waals surface area contributed by atoms with Crippen LogP contribution in [-0.4, -0.2) is 15.3 Å². The molecule has 0 saturated heterocycles. The molecule has 1 unspecified atom stereocenters. The molecule has 1 atom stereocenters. The van der Waals surface area contributed by atoms with Gasteiger partial charge in [0.15, 0.2) is 0 Å². The van der Waals surface area contributed by atoms with E-state index in [9.17, 15) is 5.11 Å². The van der Waals surface area contributed by atoms with Crippen LogP contribution in [-0.2, 0) is 6.42 Å². The van der Waals surface area contributed by atoms with Crippen LogP contribution < -0.4 is 0 Å². The summed E-state index contributed by atoms with van der Waals surface area (Å²) in [5.74, 6) is 0. The van der Waals surface area contributed by atoms with E-state index >= 15 is 0 Å². The van der Waals surface area contributed by atoms with Gasteiger partial charge >= 0.3 is 0 Å². The van der Waals surface area contributed by atoms with Gasteiger partial charge in [-0.15, -0.1) is 11.3 Å². The van der Waals surface area contributed by atoms with Gasteiger partial charge in [-0.2, -0.15) is 10.2 Å². The number of nitrogens with zero attached hydrogens (tertiary/aromatic N) is 2. The Balaban J connectivity index is 1.90. The molecule has 0 aromatic carbocycles. The minimum absolute atomic E-state index is 0.442. The van der Waals surface area contributed by atoms with Gasteiger partial charge in [0.2, 0.25) is 0 Å². The summed E-state index contributed by atoms with van der Waals surface area (Å²) in [5.41, 5.74) is 0.835. The molecule has 0 amide bonds. The Labute approximate surface area is 92.4 Å². The number of rotatable bonds is 4. The first-order valence-corrected chi connectivity index (χ1v) is 5.71. The van der Waals surface area contributed by atoms with Gasteiger partial charge in [-0.05, 0) is 30.4 Å². The fourth-order valence-corrected chi connectivity index (χ4v) is 2.12. The SMILES string of the molecule is OC(CCc1cccs1)c1ccnnc1. The van der Waals surface area contributed by atoms with Gasteiger partial charge in [0.1, 0.15) is 0 Å². The fourth-order valence-electron chi connectivity index (χ4n) is 1.40. The van der Waals surface area contributed by atoms with Crippen LogP contribution in [0.4, 0.5) is 0 Å². The zero-order chi connectivity index (χ0) is 10.5. The summed E-state index contributed by atoms with van der Waals surface area (Å²) in [6.07, 6.45) is 4.40. The van der Waals surface area contributed by atoms with Gasteiger partial charge in [-0.3, -0.25) is 0 Å². The average molecular weight is 220 g/mol. The van der Waals surface area contributed by atoms with Gasteiger partial charge < -0.3 is 5.11 Å². The van der Waals surface area contributed by atoms with Crippen molar-refractivity contribution in [1.29, 1.82) is 0 Å². The quantitative estimate of drug-likeness (QED) is 0.859. The second-order valence-electron chi connectivity index (χ2n) is 3.31. The highest BCUT2D eigenvalue weighted by Crippen LogP contribution is 2.19. The Morgan fingerprint density at radius 1 is 1.33 bits per heavy atom. The van der Waals surface area contributed by atoms with Crippen LogP contribution in [0, 0.1) is 0 Å². The monoisotopic (exact) mass is 220 g/mol. The molecule has 2 rings (SSSR count). The van der Waals surface area contributed by atoms with Crippen molar-refractivity contribution in [2.45, 2.75) is 18.9 Å². The molecule has 0 fully saturated rings. The molecule has 0 radical (unpaired) electrons. The molecule has 0 aliphatic rings. The van der Waals surface area contributed by atoms with Crippen LogP contribution >= 0.6 is 11.3 Å². The van der Waals surface area contributed by atoms with Crippen molar-refractivity contribution in [3.63, 3.8) is 0 Å². The fraction of sp³-hybridized carbons (Fsp3) is 0.273. The number of hydrogen-bond acceptors (Lipinski definition) is 4. The van der Waals surface area contributed by atoms with Crippen molar-refractivity contribution in [3.8, 4) is 0 Å². The lowest BCUT2D eigenvalue weighted by Crippen LogP contribution is -1.99. The van der Waals surface area contributed by atoms with Gasteiger partial charge in [0.05, 0.1) is 12.3 Å². The first kappa shape index (κ1) is 10.3. The zero-order valence-electron chi connectivity index (χ0n) is 8.21. The highest BCUT2D eigenvalue weighted by molar-refractivity contribution is 7.09. The largest absolute Gasteiger partial charge is 0.388 e. The van der Waals surface area contributed by atoms with Gasteiger partial charge in [0.25, 0.3) is 0 Å². The molecule has 15 heavy (non-hydrogen) atoms. The Morgan fingerprint density at radius 2 is 2.27 bits per heavy atom. The minimum Gasteiger partial charge on any atom is -0.388 e. The van der Waals surface area contributed by atoms with Crippen LogP contribution in [0.2, 0.25) is 0 Å². The molecule has 2 aromatic heterocycles. The van der Waals surface area contributed by atoms with Crippen LogP contribution in [0.5, 0.6) is 0 Å². The van der Waals surface area contributed by atoms with E-state index in [1.807, 2.05) is 6.07 Å². The summed E-state index contributed by atoms with van der Waals surface area (Å²) in [6.45, 7) is 0. The number of aromatic nitrogens is 2. The molecule has 0 aliphatic carbocycles. The maximum Gasteiger partial charge on any atom is 0.0809 e. The van der Waals surface area contributed by atoms with Crippen LogP contribution in [0.1, 0.15) is 23.0 Å². The molecule has 78 valence electrons. The highest BCUT2D eigenvalue weighted by atomic mass is 32.1. The molecule has 2 heterocycles. The van der Waals surface area contributed by atoms with Crippen molar-refractivity contribution >= 4 is 11.3 Å². The third-order valence-corrected chi connectivity index (χ3v) is 3.17. The second kappa shape index (κ2) is 5.00. The molecular weight excluding hydrogens is 208 g/mol. The molecular formula is C11H12N2OS. The molecule has 0 spiro atoms. The summed E-state index contributed by atoms with van der Waals surface area (Å²) in [6, 6.07) is 5.91. The smallest absolute Gasteiger partial charge is 0.0809 e. The zero-order valence-corrected chi connectivity index (χ0v) is 9.02. The van der Waals surface area contributed by atoms with E-state index in [4.69, 9.17) is 0 Å². The topological polar surface area (TPSA) is 46.0 Å². The first-order valence-electron chi connectivity index (χ1n) is 4.83. The Bertz CT molecular complexity index is 388. The molecule has 0 aliphatic heterocycles. The predicted molar refractivity (Wildman–Crippen MR) is 59.6 cm³/mol. The minimum atomic E-state index is -0.442. The van der Waals surface area contributed by atoms with E-state index in [0.717, 1.165) is 18.4 Å². The maximum atomic E-state index is 9.86. The molecule has 3 nitrogen and oxygen atoms in total. The third-order valence-electron chi connectivity index (χ3n) is 2.24. The first-order chi connectivity index (χ1) is 7.36. The van der Waals surface area contributed by atoms with Crippen molar-refractivity contribution in [1.82, 2.24) is 10.2 Å². The highest BCUT2D eigenvalue weighted by Gasteiger charge is 2.07. The maximum absolute atomic E-state index is 9.86. The number of aliphatic hydroxyl groups is 1. The van der Waals surface area contributed by atoms with Crippen LogP contribution in [0.15, 0.2) is 36.0 Å². The van der Waals surface area contributed by atoms with Gasteiger partial charge in [-0.1, -0.05) is 6.07 Å². The second-order valence-corrected chi connectivity index (χ2v) is 4.34. The number of aryl methyl sites for hydroxylation is 1. The lowest BCUT2D eigenvalue weighted by molar-refractivity contribution is 0.167. The van der Waals surface area contributed by atoms with E-state index in [1.165, 1.54) is 4.88 Å².